The molecule has 2 heterocycles. The molecule has 184 valence electrons. The number of likely N-dealkylation sites (tertiary alicyclic amines) is 1. The first-order valence-electron chi connectivity index (χ1n) is 13.0. The first kappa shape index (κ1) is 22.7. The first-order chi connectivity index (χ1) is 18.0. The summed E-state index contributed by atoms with van der Waals surface area (Å²) >= 11 is 6.98. The van der Waals surface area contributed by atoms with Gasteiger partial charge in [-0.3, -0.25) is 9.69 Å². The number of hydrogen-bond donors (Lipinski definition) is 0. The van der Waals surface area contributed by atoms with Crippen LogP contribution in [0.2, 0.25) is 5.02 Å². The fourth-order valence-corrected chi connectivity index (χ4v) is 7.01. The van der Waals surface area contributed by atoms with E-state index >= 15 is 0 Å². The highest BCUT2D eigenvalue weighted by Gasteiger charge is 2.47. The second kappa shape index (κ2) is 8.55. The SMILES string of the molecule is N#Cc1cc(CN2CC3(CCC(=O)C3)C2)cc2nc(-c3cccc(-c4cccc5c4CCC5)c3Cl)oc12. The molecular formula is C31H26ClN3O2. The van der Waals surface area contributed by atoms with Crippen LogP contribution in [0.4, 0.5) is 0 Å². The number of halogens is 1. The van der Waals surface area contributed by atoms with Gasteiger partial charge in [-0.05, 0) is 66.1 Å². The van der Waals surface area contributed by atoms with Gasteiger partial charge >= 0.3 is 0 Å². The quantitative estimate of drug-likeness (QED) is 0.306. The lowest BCUT2D eigenvalue weighted by atomic mass is 9.78. The van der Waals surface area contributed by atoms with Crippen LogP contribution in [0.15, 0.2) is 52.9 Å². The van der Waals surface area contributed by atoms with Crippen molar-refractivity contribution in [1.82, 2.24) is 9.88 Å². The van der Waals surface area contributed by atoms with E-state index < -0.39 is 0 Å². The van der Waals surface area contributed by atoms with E-state index in [0.717, 1.165) is 62.0 Å². The molecular weight excluding hydrogens is 482 g/mol. The van der Waals surface area contributed by atoms with Crippen LogP contribution in [0.5, 0.6) is 0 Å². The first-order valence-corrected chi connectivity index (χ1v) is 13.4. The number of carbonyl (C=O) groups excluding carboxylic acids is 1. The summed E-state index contributed by atoms with van der Waals surface area (Å²) in [7, 11) is 0. The molecule has 0 bridgehead atoms. The average molecular weight is 508 g/mol. The zero-order valence-corrected chi connectivity index (χ0v) is 21.3. The van der Waals surface area contributed by atoms with Crippen molar-refractivity contribution in [3.05, 3.63) is 75.8 Å². The lowest BCUT2D eigenvalue weighted by Gasteiger charge is -2.48. The highest BCUT2D eigenvalue weighted by molar-refractivity contribution is 6.36. The predicted molar refractivity (Wildman–Crippen MR) is 143 cm³/mol. The second-order valence-corrected chi connectivity index (χ2v) is 11.3. The minimum absolute atomic E-state index is 0.181. The lowest BCUT2D eigenvalue weighted by Crippen LogP contribution is -2.54. The number of rotatable bonds is 4. The summed E-state index contributed by atoms with van der Waals surface area (Å²) in [4.78, 5) is 18.9. The molecule has 2 fully saturated rings. The minimum atomic E-state index is 0.181. The van der Waals surface area contributed by atoms with Crippen molar-refractivity contribution in [1.29, 1.82) is 5.26 Å². The number of aromatic nitrogens is 1. The Morgan fingerprint density at radius 2 is 1.86 bits per heavy atom. The molecule has 1 spiro atoms. The Kier molecular flexibility index (Phi) is 5.25. The van der Waals surface area contributed by atoms with E-state index in [2.05, 4.69) is 35.2 Å². The molecule has 1 saturated heterocycles. The molecule has 3 aromatic carbocycles. The van der Waals surface area contributed by atoms with Crippen LogP contribution >= 0.6 is 11.6 Å². The molecule has 0 radical (unpaired) electrons. The third-order valence-electron chi connectivity index (χ3n) is 8.37. The summed E-state index contributed by atoms with van der Waals surface area (Å²) in [6, 6.07) is 18.6. The molecule has 1 aromatic heterocycles. The summed E-state index contributed by atoms with van der Waals surface area (Å²) in [5.41, 5.74) is 8.52. The van der Waals surface area contributed by atoms with Crippen molar-refractivity contribution < 1.29 is 9.21 Å². The van der Waals surface area contributed by atoms with E-state index in [0.29, 0.717) is 39.8 Å². The third-order valence-corrected chi connectivity index (χ3v) is 8.77. The number of carbonyl (C=O) groups is 1. The lowest BCUT2D eigenvalue weighted by molar-refractivity contribution is -0.119. The fourth-order valence-electron chi connectivity index (χ4n) is 6.70. The summed E-state index contributed by atoms with van der Waals surface area (Å²) in [6.45, 7) is 2.61. The van der Waals surface area contributed by atoms with Gasteiger partial charge in [0.2, 0.25) is 5.89 Å². The van der Waals surface area contributed by atoms with Gasteiger partial charge in [0.25, 0.3) is 0 Å². The molecule has 2 aliphatic carbocycles. The topological polar surface area (TPSA) is 70.1 Å². The van der Waals surface area contributed by atoms with Gasteiger partial charge in [0, 0.05) is 43.5 Å². The third kappa shape index (κ3) is 3.79. The minimum Gasteiger partial charge on any atom is -0.435 e. The van der Waals surface area contributed by atoms with Gasteiger partial charge in [-0.15, -0.1) is 0 Å². The Morgan fingerprint density at radius 1 is 1.05 bits per heavy atom. The number of ketones is 1. The van der Waals surface area contributed by atoms with Crippen LogP contribution in [0.1, 0.15) is 47.9 Å². The van der Waals surface area contributed by atoms with Crippen LogP contribution in [0.25, 0.3) is 33.7 Å². The number of nitriles is 1. The molecule has 6 heteroatoms. The number of oxazole rings is 1. The molecule has 0 amide bonds. The Morgan fingerprint density at radius 3 is 2.68 bits per heavy atom. The predicted octanol–water partition coefficient (Wildman–Crippen LogP) is 6.73. The Balaban J connectivity index is 1.21. The van der Waals surface area contributed by atoms with Crippen LogP contribution in [0.3, 0.4) is 0 Å². The standard InChI is InChI=1S/C31H26ClN3O2/c32-28-25(24-7-2-5-20-4-1-6-23(20)24)8-3-9-26(28)30-34-27-13-19(12-21(15-33)29(27)37-30)16-35-17-31(18-35)11-10-22(36)14-31/h2-3,5,7-9,12-13H,1,4,6,10-11,14,16-18H2. The van der Waals surface area contributed by atoms with Gasteiger partial charge in [0.1, 0.15) is 17.4 Å². The number of Topliss-reactive ketones (excluding diaryl/α,β-unsaturated/α-hetero) is 1. The van der Waals surface area contributed by atoms with Crippen molar-refractivity contribution in [3.8, 4) is 28.7 Å². The molecule has 37 heavy (non-hydrogen) atoms. The van der Waals surface area contributed by atoms with Crippen LogP contribution in [-0.2, 0) is 24.2 Å². The van der Waals surface area contributed by atoms with Crippen LogP contribution < -0.4 is 0 Å². The molecule has 0 atom stereocenters. The number of hydrogen-bond acceptors (Lipinski definition) is 5. The van der Waals surface area contributed by atoms with Gasteiger partial charge in [-0.2, -0.15) is 5.26 Å². The van der Waals surface area contributed by atoms with Gasteiger partial charge in [-0.25, -0.2) is 4.98 Å². The molecule has 5 nitrogen and oxygen atoms in total. The van der Waals surface area contributed by atoms with E-state index in [1.807, 2.05) is 24.3 Å². The summed E-state index contributed by atoms with van der Waals surface area (Å²) in [6.07, 6.45) is 5.79. The number of nitrogens with zero attached hydrogens (tertiary/aromatic N) is 3. The van der Waals surface area contributed by atoms with Gasteiger partial charge in [0.05, 0.1) is 16.1 Å². The summed E-state index contributed by atoms with van der Waals surface area (Å²) in [5, 5.41) is 10.5. The van der Waals surface area contributed by atoms with Crippen molar-refractivity contribution in [3.63, 3.8) is 0 Å². The zero-order chi connectivity index (χ0) is 25.1. The molecule has 3 aliphatic rings. The van der Waals surface area contributed by atoms with Gasteiger partial charge in [-0.1, -0.05) is 41.9 Å². The second-order valence-electron chi connectivity index (χ2n) is 10.9. The van der Waals surface area contributed by atoms with Gasteiger partial charge in [0.15, 0.2) is 5.58 Å². The van der Waals surface area contributed by atoms with E-state index in [1.54, 1.807) is 0 Å². The highest BCUT2D eigenvalue weighted by Crippen LogP contribution is 2.45. The monoisotopic (exact) mass is 507 g/mol. The van der Waals surface area contributed by atoms with E-state index in [4.69, 9.17) is 21.0 Å². The van der Waals surface area contributed by atoms with Gasteiger partial charge < -0.3 is 4.42 Å². The Labute approximate surface area is 220 Å². The Bertz CT molecular complexity index is 1620. The molecule has 4 aromatic rings. The zero-order valence-electron chi connectivity index (χ0n) is 20.5. The van der Waals surface area contributed by atoms with Crippen molar-refractivity contribution in [2.45, 2.75) is 45.1 Å². The molecule has 7 rings (SSSR count). The number of aryl methyl sites for hydroxylation is 1. The highest BCUT2D eigenvalue weighted by atomic mass is 35.5. The summed E-state index contributed by atoms with van der Waals surface area (Å²) in [5.74, 6) is 0.817. The van der Waals surface area contributed by atoms with Crippen molar-refractivity contribution in [2.75, 3.05) is 13.1 Å². The van der Waals surface area contributed by atoms with Crippen molar-refractivity contribution >= 4 is 28.5 Å². The maximum absolute atomic E-state index is 11.8. The van der Waals surface area contributed by atoms with Crippen LogP contribution in [-0.4, -0.2) is 28.8 Å². The summed E-state index contributed by atoms with van der Waals surface area (Å²) < 4.78 is 6.16. The largest absolute Gasteiger partial charge is 0.435 e. The van der Waals surface area contributed by atoms with E-state index in [9.17, 15) is 10.1 Å². The maximum atomic E-state index is 11.8. The molecule has 0 unspecified atom stereocenters. The smallest absolute Gasteiger partial charge is 0.228 e. The van der Waals surface area contributed by atoms with E-state index in [-0.39, 0.29) is 5.41 Å². The Hall–Kier alpha value is -3.46. The average Bonchev–Trinajstić information content (AvgIpc) is 3.61. The normalized spacial score (nSPS) is 18.3. The fraction of sp³-hybridized carbons (Fsp3) is 0.323. The van der Waals surface area contributed by atoms with Crippen molar-refractivity contribution in [2.24, 2.45) is 5.41 Å². The molecule has 1 saturated carbocycles. The van der Waals surface area contributed by atoms with E-state index in [1.165, 1.54) is 23.1 Å². The number of fused-ring (bicyclic) bond motifs is 2. The maximum Gasteiger partial charge on any atom is 0.228 e. The molecule has 1 aliphatic heterocycles. The molecule has 0 N–H and O–H groups in total. The number of benzene rings is 3. The van der Waals surface area contributed by atoms with Crippen LogP contribution in [0, 0.1) is 16.7 Å².